The fourth-order valence-corrected chi connectivity index (χ4v) is 6.30. The monoisotopic (exact) mass is 412 g/mol. The van der Waals surface area contributed by atoms with Crippen molar-refractivity contribution in [3.8, 4) is 11.5 Å². The average molecular weight is 413 g/mol. The van der Waals surface area contributed by atoms with Gasteiger partial charge >= 0.3 is 0 Å². The van der Waals surface area contributed by atoms with E-state index < -0.39 is 0 Å². The summed E-state index contributed by atoms with van der Waals surface area (Å²) in [6, 6.07) is 5.47. The van der Waals surface area contributed by atoms with Crippen LogP contribution in [0.4, 0.5) is 0 Å². The molecule has 6 heteroatoms. The number of hydrogen-bond acceptors (Lipinski definition) is 4. The second kappa shape index (κ2) is 8.70. The van der Waals surface area contributed by atoms with E-state index >= 15 is 0 Å². The molecule has 0 aliphatic heterocycles. The Balaban J connectivity index is 1.27. The summed E-state index contributed by atoms with van der Waals surface area (Å²) in [4.78, 5) is 24.6. The molecule has 2 amide bonds. The molecule has 4 aliphatic carbocycles. The molecule has 5 rings (SSSR count). The number of carbonyl (C=O) groups excluding carboxylic acids is 2. The van der Waals surface area contributed by atoms with Crippen LogP contribution >= 0.6 is 0 Å². The van der Waals surface area contributed by atoms with Gasteiger partial charge < -0.3 is 9.47 Å². The minimum Gasteiger partial charge on any atom is -0.493 e. The number of hydrazine groups is 1. The molecule has 6 nitrogen and oxygen atoms in total. The standard InChI is InChI=1S/C24H32N2O4/c1-3-30-20-6-4-16(11-21(20)29-2)5-7-22(27)25-26-23(28)15-24-12-17-8-18(13-24)10-19(9-17)14-24/h4-7,11,17-19H,3,8-10,12-15H2,1-2H3,(H,25,27)(H,26,28)/b7-5+. The maximum absolute atomic E-state index is 12.5. The van der Waals surface area contributed by atoms with Crippen molar-refractivity contribution in [2.24, 2.45) is 23.2 Å². The van der Waals surface area contributed by atoms with Crippen LogP contribution in [-0.4, -0.2) is 25.5 Å². The van der Waals surface area contributed by atoms with Gasteiger partial charge in [-0.25, -0.2) is 0 Å². The molecular weight excluding hydrogens is 380 g/mol. The lowest BCUT2D eigenvalue weighted by molar-refractivity contribution is -0.133. The van der Waals surface area contributed by atoms with Crippen molar-refractivity contribution in [3.05, 3.63) is 29.8 Å². The van der Waals surface area contributed by atoms with Crippen LogP contribution in [0.1, 0.15) is 57.4 Å². The van der Waals surface area contributed by atoms with Crippen molar-refractivity contribution in [3.63, 3.8) is 0 Å². The van der Waals surface area contributed by atoms with Gasteiger partial charge in [0.15, 0.2) is 11.5 Å². The molecule has 1 aromatic rings. The molecule has 4 saturated carbocycles. The maximum atomic E-state index is 12.5. The summed E-state index contributed by atoms with van der Waals surface area (Å²) in [7, 11) is 1.58. The van der Waals surface area contributed by atoms with Gasteiger partial charge in [0, 0.05) is 12.5 Å². The molecule has 0 aromatic heterocycles. The number of methoxy groups -OCH3 is 1. The molecule has 0 saturated heterocycles. The molecule has 4 aliphatic rings. The van der Waals surface area contributed by atoms with Crippen LogP contribution < -0.4 is 20.3 Å². The van der Waals surface area contributed by atoms with Gasteiger partial charge in [0.05, 0.1) is 13.7 Å². The van der Waals surface area contributed by atoms with E-state index in [9.17, 15) is 9.59 Å². The van der Waals surface area contributed by atoms with E-state index in [0.29, 0.717) is 24.5 Å². The van der Waals surface area contributed by atoms with Crippen LogP contribution in [0.15, 0.2) is 24.3 Å². The van der Waals surface area contributed by atoms with Crippen molar-refractivity contribution >= 4 is 17.9 Å². The highest BCUT2D eigenvalue weighted by Crippen LogP contribution is 2.61. The molecule has 1 aromatic carbocycles. The molecule has 0 heterocycles. The normalized spacial score (nSPS) is 29.1. The van der Waals surface area contributed by atoms with E-state index in [1.807, 2.05) is 19.1 Å². The van der Waals surface area contributed by atoms with Crippen molar-refractivity contribution in [1.82, 2.24) is 10.9 Å². The second-order valence-corrected chi connectivity index (χ2v) is 9.31. The van der Waals surface area contributed by atoms with Crippen LogP contribution in [0, 0.1) is 23.2 Å². The highest BCUT2D eigenvalue weighted by Gasteiger charge is 2.51. The fourth-order valence-electron chi connectivity index (χ4n) is 6.30. The van der Waals surface area contributed by atoms with Gasteiger partial charge in [-0.15, -0.1) is 0 Å². The quantitative estimate of drug-likeness (QED) is 0.527. The SMILES string of the molecule is CCOc1ccc(/C=C/C(=O)NNC(=O)CC23CC4CC(CC(C4)C2)C3)cc1OC. The lowest BCUT2D eigenvalue weighted by Gasteiger charge is -2.56. The molecule has 4 fully saturated rings. The third kappa shape index (κ3) is 4.63. The summed E-state index contributed by atoms with van der Waals surface area (Å²) in [5.74, 6) is 3.28. The van der Waals surface area contributed by atoms with Gasteiger partial charge in [-0.05, 0) is 92.4 Å². The van der Waals surface area contributed by atoms with E-state index in [1.54, 1.807) is 19.3 Å². The van der Waals surface area contributed by atoms with E-state index in [-0.39, 0.29) is 17.2 Å². The van der Waals surface area contributed by atoms with Gasteiger partial charge in [-0.3, -0.25) is 20.4 Å². The second-order valence-electron chi connectivity index (χ2n) is 9.31. The Morgan fingerprint density at radius 1 is 1.07 bits per heavy atom. The van der Waals surface area contributed by atoms with Gasteiger partial charge in [0.25, 0.3) is 5.91 Å². The predicted molar refractivity (Wildman–Crippen MR) is 115 cm³/mol. The smallest absolute Gasteiger partial charge is 0.262 e. The highest BCUT2D eigenvalue weighted by molar-refractivity contribution is 5.93. The molecule has 0 unspecified atom stereocenters. The van der Waals surface area contributed by atoms with Gasteiger partial charge in [-0.2, -0.15) is 0 Å². The molecule has 0 atom stereocenters. The van der Waals surface area contributed by atoms with Crippen molar-refractivity contribution in [2.75, 3.05) is 13.7 Å². The van der Waals surface area contributed by atoms with Crippen molar-refractivity contribution in [1.29, 1.82) is 0 Å². The molecule has 162 valence electrons. The molecule has 2 N–H and O–H groups in total. The Morgan fingerprint density at radius 3 is 2.33 bits per heavy atom. The number of benzene rings is 1. The number of amides is 2. The Hall–Kier alpha value is -2.50. The average Bonchev–Trinajstić information content (AvgIpc) is 2.70. The lowest BCUT2D eigenvalue weighted by atomic mass is 9.49. The molecule has 0 radical (unpaired) electrons. The zero-order valence-corrected chi connectivity index (χ0v) is 17.9. The number of hydrogen-bond donors (Lipinski definition) is 2. The first-order valence-corrected chi connectivity index (χ1v) is 11.1. The topological polar surface area (TPSA) is 76.7 Å². The maximum Gasteiger partial charge on any atom is 0.262 e. The first kappa shape index (κ1) is 20.8. The van der Waals surface area contributed by atoms with E-state index in [1.165, 1.54) is 44.6 Å². The molecule has 30 heavy (non-hydrogen) atoms. The Morgan fingerprint density at radius 2 is 1.73 bits per heavy atom. The highest BCUT2D eigenvalue weighted by atomic mass is 16.5. The lowest BCUT2D eigenvalue weighted by Crippen LogP contribution is -2.49. The van der Waals surface area contributed by atoms with Gasteiger partial charge in [-0.1, -0.05) is 6.07 Å². The minimum absolute atomic E-state index is 0.0820. The zero-order chi connectivity index (χ0) is 21.1. The summed E-state index contributed by atoms with van der Waals surface area (Å²) < 4.78 is 10.8. The van der Waals surface area contributed by atoms with Crippen LogP contribution in [0.2, 0.25) is 0 Å². The molecule has 4 bridgehead atoms. The van der Waals surface area contributed by atoms with Gasteiger partial charge in [0.1, 0.15) is 0 Å². The summed E-state index contributed by atoms with van der Waals surface area (Å²) in [5, 5.41) is 0. The Kier molecular flexibility index (Phi) is 6.02. The number of rotatable bonds is 7. The van der Waals surface area contributed by atoms with Gasteiger partial charge in [0.2, 0.25) is 5.91 Å². The third-order valence-electron chi connectivity index (χ3n) is 6.94. The fraction of sp³-hybridized carbons (Fsp3) is 0.583. The van der Waals surface area contributed by atoms with E-state index in [0.717, 1.165) is 23.3 Å². The molecule has 0 spiro atoms. The third-order valence-corrected chi connectivity index (χ3v) is 6.94. The van der Waals surface area contributed by atoms with Crippen molar-refractivity contribution in [2.45, 2.75) is 51.9 Å². The largest absolute Gasteiger partial charge is 0.493 e. The Labute approximate surface area is 178 Å². The first-order valence-electron chi connectivity index (χ1n) is 11.1. The Bertz CT molecular complexity index is 797. The van der Waals surface area contributed by atoms with Crippen molar-refractivity contribution < 1.29 is 19.1 Å². The summed E-state index contributed by atoms with van der Waals surface area (Å²) in [6.07, 6.45) is 11.2. The van der Waals surface area contributed by atoms with E-state index in [4.69, 9.17) is 9.47 Å². The minimum atomic E-state index is -0.360. The first-order chi connectivity index (χ1) is 14.5. The molecular formula is C24H32N2O4. The van der Waals surface area contributed by atoms with E-state index in [2.05, 4.69) is 10.9 Å². The predicted octanol–water partition coefficient (Wildman–Crippen LogP) is 3.86. The number of ether oxygens (including phenoxy) is 2. The number of nitrogens with one attached hydrogen (secondary N) is 2. The summed E-state index contributed by atoms with van der Waals surface area (Å²) in [5.41, 5.74) is 6.10. The van der Waals surface area contributed by atoms with Crippen LogP contribution in [0.25, 0.3) is 6.08 Å². The van der Waals surface area contributed by atoms with Crippen LogP contribution in [0.3, 0.4) is 0 Å². The van der Waals surface area contributed by atoms with Crippen LogP contribution in [-0.2, 0) is 9.59 Å². The van der Waals surface area contributed by atoms with Crippen LogP contribution in [0.5, 0.6) is 11.5 Å². The zero-order valence-electron chi connectivity index (χ0n) is 17.9. The summed E-state index contributed by atoms with van der Waals surface area (Å²) >= 11 is 0. The summed E-state index contributed by atoms with van der Waals surface area (Å²) in [6.45, 7) is 2.46. The number of carbonyl (C=O) groups is 2.